The van der Waals surface area contributed by atoms with E-state index < -0.39 is 102 Å². The SMILES string of the molecule is CCCN1C[C@H](C)[C@@H](O)[C@](C)(O)[C@@H](CC)OC(=O)[C@H](C)[C@@H](O[C@H]2C[C@@](C)(OC)[C@@H](O)[C@H](C)O2)[C@H](C)[C@@H](O[C@@H]2O[C@H](C)C[C@H](N(C)C)[C@H]2OC(C)=O)[C@](C)(O)C[C@H]1C. The summed E-state index contributed by atoms with van der Waals surface area (Å²) in [6.45, 7) is 22.1. The normalized spacial score (nSPS) is 46.2. The van der Waals surface area contributed by atoms with Crippen molar-refractivity contribution in [1.29, 1.82) is 0 Å². The third-order valence-corrected chi connectivity index (χ3v) is 12.9. The molecular formula is C42H78N2O13. The van der Waals surface area contributed by atoms with Gasteiger partial charge >= 0.3 is 11.9 Å². The maximum atomic E-state index is 14.4. The molecule has 3 aliphatic rings. The maximum absolute atomic E-state index is 14.4. The zero-order valence-electron chi connectivity index (χ0n) is 37.5. The smallest absolute Gasteiger partial charge is 0.311 e. The van der Waals surface area contributed by atoms with Crippen molar-refractivity contribution >= 4 is 11.9 Å². The Bertz CT molecular complexity index is 1290. The van der Waals surface area contributed by atoms with Gasteiger partial charge in [-0.3, -0.25) is 9.59 Å². The Morgan fingerprint density at radius 1 is 0.947 bits per heavy atom. The van der Waals surface area contributed by atoms with Crippen LogP contribution in [-0.4, -0.2) is 167 Å². The number of hydrogen-bond acceptors (Lipinski definition) is 15. The first-order valence-electron chi connectivity index (χ1n) is 21.1. The molecule has 3 fully saturated rings. The summed E-state index contributed by atoms with van der Waals surface area (Å²) in [7, 11) is 5.30. The first kappa shape index (κ1) is 49.9. The summed E-state index contributed by atoms with van der Waals surface area (Å²) < 4.78 is 44.1. The first-order chi connectivity index (χ1) is 26.3. The van der Waals surface area contributed by atoms with Gasteiger partial charge in [-0.05, 0) is 101 Å². The molecule has 0 aliphatic carbocycles. The number of aliphatic hydroxyl groups is 4. The highest BCUT2D eigenvalue weighted by molar-refractivity contribution is 5.73. The van der Waals surface area contributed by atoms with E-state index in [0.717, 1.165) is 6.42 Å². The van der Waals surface area contributed by atoms with Crippen molar-refractivity contribution in [2.75, 3.05) is 34.3 Å². The van der Waals surface area contributed by atoms with Crippen molar-refractivity contribution in [3.05, 3.63) is 0 Å². The van der Waals surface area contributed by atoms with Gasteiger partial charge in [0.05, 0.1) is 53.7 Å². The lowest BCUT2D eigenvalue weighted by molar-refractivity contribution is -0.318. The minimum absolute atomic E-state index is 0.115. The van der Waals surface area contributed by atoms with Crippen molar-refractivity contribution in [1.82, 2.24) is 9.80 Å². The molecule has 3 aliphatic heterocycles. The van der Waals surface area contributed by atoms with E-state index in [9.17, 15) is 30.0 Å². The minimum atomic E-state index is -1.80. The van der Waals surface area contributed by atoms with Gasteiger partial charge < -0.3 is 63.4 Å². The molecule has 0 spiro atoms. The summed E-state index contributed by atoms with van der Waals surface area (Å²) in [6.07, 6.45) is -7.48. The van der Waals surface area contributed by atoms with Crippen LogP contribution >= 0.6 is 0 Å². The Balaban J connectivity index is 2.27. The van der Waals surface area contributed by atoms with Gasteiger partial charge in [-0.2, -0.15) is 0 Å². The van der Waals surface area contributed by atoms with Crippen LogP contribution in [0.15, 0.2) is 0 Å². The number of rotatable bonds is 10. The molecule has 3 rings (SSSR count). The number of methoxy groups -OCH3 is 1. The molecule has 0 unspecified atom stereocenters. The second-order valence-electron chi connectivity index (χ2n) is 18.3. The highest BCUT2D eigenvalue weighted by Gasteiger charge is 2.53. The Kier molecular flexibility index (Phi) is 17.8. The van der Waals surface area contributed by atoms with Gasteiger partial charge in [-0.15, -0.1) is 0 Å². The third-order valence-electron chi connectivity index (χ3n) is 12.9. The zero-order chi connectivity index (χ0) is 43.4. The average molecular weight is 819 g/mol. The fraction of sp³-hybridized carbons (Fsp3) is 0.952. The second-order valence-corrected chi connectivity index (χ2v) is 18.3. The predicted molar refractivity (Wildman–Crippen MR) is 213 cm³/mol. The molecular weight excluding hydrogens is 740 g/mol. The monoisotopic (exact) mass is 819 g/mol. The van der Waals surface area contributed by atoms with Gasteiger partial charge in [0.25, 0.3) is 0 Å². The summed E-state index contributed by atoms with van der Waals surface area (Å²) in [4.78, 5) is 31.1. The quantitative estimate of drug-likeness (QED) is 0.235. The van der Waals surface area contributed by atoms with Crippen LogP contribution in [0.1, 0.15) is 115 Å². The van der Waals surface area contributed by atoms with E-state index >= 15 is 0 Å². The number of aliphatic hydroxyl groups excluding tert-OH is 2. The van der Waals surface area contributed by atoms with E-state index in [1.165, 1.54) is 21.0 Å². The van der Waals surface area contributed by atoms with Gasteiger partial charge in [0.1, 0.15) is 17.8 Å². The van der Waals surface area contributed by atoms with Crippen molar-refractivity contribution in [3.8, 4) is 0 Å². The largest absolute Gasteiger partial charge is 0.459 e. The zero-order valence-corrected chi connectivity index (χ0v) is 37.5. The fourth-order valence-corrected chi connectivity index (χ4v) is 9.43. The molecule has 0 aromatic rings. The minimum Gasteiger partial charge on any atom is -0.459 e. The van der Waals surface area contributed by atoms with Crippen LogP contribution < -0.4 is 0 Å². The van der Waals surface area contributed by atoms with E-state index in [2.05, 4.69) is 11.8 Å². The van der Waals surface area contributed by atoms with E-state index in [4.69, 9.17) is 33.2 Å². The standard InChI is InChI=1S/C42H78N2O13/c1-16-18-44-22-23(3)35(46)42(12,50)31(17-2)55-38(48)27(7)33(56-32-21-41(11,51-15)36(47)28(8)53-32)26(6)37(40(10,49)20-24(44)4)57-39-34(54-29(9)45)30(43(13)14)19-25(5)52-39/h23-28,30-37,39,46-47,49-50H,16-22H2,1-15H3/t23-,24+,25+,26-,27+,28-,30-,31+,32-,33-,34+,35+,36-,37+,39-,40+,41+,42+/m0/s1. The van der Waals surface area contributed by atoms with Crippen molar-refractivity contribution in [3.63, 3.8) is 0 Å². The van der Waals surface area contributed by atoms with Crippen molar-refractivity contribution in [2.45, 2.75) is 205 Å². The van der Waals surface area contributed by atoms with Crippen LogP contribution in [0.25, 0.3) is 0 Å². The van der Waals surface area contributed by atoms with Crippen LogP contribution in [-0.2, 0) is 42.7 Å². The molecule has 15 nitrogen and oxygen atoms in total. The molecule has 0 bridgehead atoms. The molecule has 0 aromatic carbocycles. The predicted octanol–water partition coefficient (Wildman–Crippen LogP) is 3.25. The Morgan fingerprint density at radius 3 is 2.12 bits per heavy atom. The Morgan fingerprint density at radius 2 is 1.58 bits per heavy atom. The van der Waals surface area contributed by atoms with Crippen LogP contribution in [0.5, 0.6) is 0 Å². The lowest BCUT2D eigenvalue weighted by atomic mass is 9.78. The Hall–Kier alpha value is -1.50. The highest BCUT2D eigenvalue weighted by Crippen LogP contribution is 2.40. The van der Waals surface area contributed by atoms with Crippen molar-refractivity contribution < 1.29 is 63.2 Å². The Labute approximate surface area is 341 Å². The maximum Gasteiger partial charge on any atom is 0.311 e. The number of carbonyl (C=O) groups is 2. The molecule has 4 N–H and O–H groups in total. The molecule has 15 heteroatoms. The molecule has 18 atom stereocenters. The lowest BCUT2D eigenvalue weighted by Gasteiger charge is -2.49. The number of likely N-dealkylation sites (N-methyl/N-ethyl adjacent to an activating group) is 1. The van der Waals surface area contributed by atoms with Crippen LogP contribution in [0.4, 0.5) is 0 Å². The van der Waals surface area contributed by atoms with E-state index in [0.29, 0.717) is 19.5 Å². The molecule has 0 aromatic heterocycles. The molecule has 334 valence electrons. The molecule has 3 saturated heterocycles. The lowest BCUT2D eigenvalue weighted by Crippen LogP contribution is -2.61. The van der Waals surface area contributed by atoms with Crippen LogP contribution in [0.3, 0.4) is 0 Å². The second kappa shape index (κ2) is 20.4. The molecule has 0 saturated carbocycles. The number of ether oxygens (including phenoxy) is 7. The molecule has 3 heterocycles. The van der Waals surface area contributed by atoms with Gasteiger partial charge in [-0.1, -0.05) is 27.7 Å². The summed E-state index contributed by atoms with van der Waals surface area (Å²) in [5.41, 5.74) is -4.46. The third kappa shape index (κ3) is 11.9. The average Bonchev–Trinajstić information content (AvgIpc) is 3.12. The van der Waals surface area contributed by atoms with Gasteiger partial charge in [0, 0.05) is 39.0 Å². The van der Waals surface area contributed by atoms with Crippen LogP contribution in [0.2, 0.25) is 0 Å². The topological polar surface area (TPSA) is 186 Å². The fourth-order valence-electron chi connectivity index (χ4n) is 9.43. The van der Waals surface area contributed by atoms with Crippen molar-refractivity contribution in [2.24, 2.45) is 17.8 Å². The number of carbonyl (C=O) groups excluding carboxylic acids is 2. The summed E-state index contributed by atoms with van der Waals surface area (Å²) in [5.74, 6) is -3.48. The summed E-state index contributed by atoms with van der Waals surface area (Å²) >= 11 is 0. The van der Waals surface area contributed by atoms with Gasteiger partial charge in [0.2, 0.25) is 0 Å². The number of nitrogens with zero attached hydrogens (tertiary/aromatic N) is 2. The van der Waals surface area contributed by atoms with Gasteiger partial charge in [-0.25, -0.2) is 0 Å². The number of cyclic esters (lactones) is 1. The first-order valence-corrected chi connectivity index (χ1v) is 21.1. The van der Waals surface area contributed by atoms with E-state index in [1.807, 2.05) is 46.7 Å². The summed E-state index contributed by atoms with van der Waals surface area (Å²) in [5, 5.41) is 47.4. The van der Waals surface area contributed by atoms with E-state index in [-0.39, 0.29) is 37.5 Å². The molecule has 0 radical (unpaired) electrons. The number of hydrogen-bond donors (Lipinski definition) is 4. The number of esters is 2. The van der Waals surface area contributed by atoms with Gasteiger partial charge in [0.15, 0.2) is 18.7 Å². The van der Waals surface area contributed by atoms with E-state index in [1.54, 1.807) is 34.6 Å². The summed E-state index contributed by atoms with van der Waals surface area (Å²) in [6, 6.07) is -0.525. The molecule has 57 heavy (non-hydrogen) atoms. The van der Waals surface area contributed by atoms with Crippen LogP contribution in [0, 0.1) is 17.8 Å². The highest BCUT2D eigenvalue weighted by atomic mass is 16.7. The molecule has 0 amide bonds.